The number of hydrogen-bond donors (Lipinski definition) is 2. The summed E-state index contributed by atoms with van der Waals surface area (Å²) in [7, 11) is 0. The van der Waals surface area contributed by atoms with Crippen LogP contribution in [0.1, 0.15) is 56.0 Å². The number of anilines is 1. The van der Waals surface area contributed by atoms with Crippen LogP contribution in [0.4, 0.5) is 10.1 Å². The summed E-state index contributed by atoms with van der Waals surface area (Å²) in [5.74, 6) is 0.425. The minimum absolute atomic E-state index is 0.118. The Hall–Kier alpha value is -4.28. The molecule has 1 fully saturated rings. The smallest absolute Gasteiger partial charge is 0.148 e. The first-order chi connectivity index (χ1) is 19.8. The first kappa shape index (κ1) is 26.9. The summed E-state index contributed by atoms with van der Waals surface area (Å²) in [6.45, 7) is 2.75. The van der Waals surface area contributed by atoms with Crippen molar-refractivity contribution in [3.8, 4) is 28.7 Å². The van der Waals surface area contributed by atoms with Crippen molar-refractivity contribution in [1.82, 2.24) is 39.8 Å². The van der Waals surface area contributed by atoms with Gasteiger partial charge in [0, 0.05) is 29.4 Å². The molecule has 0 unspecified atom stereocenters. The third-order valence-corrected chi connectivity index (χ3v) is 8.39. The monoisotopic (exact) mass is 572 g/mol. The SMILES string of the molecule is CC(C)(O)[C@H](F)Cn1cc(-c2cnc(-c3ccc4cc(C#N)cnn34)cc2NC2CCC(c3nncs3)CC2)nn1. The molecule has 13 heteroatoms. The average molecular weight is 573 g/mol. The van der Waals surface area contributed by atoms with Crippen molar-refractivity contribution in [2.24, 2.45) is 0 Å². The van der Waals surface area contributed by atoms with Crippen LogP contribution in [0, 0.1) is 11.3 Å². The Morgan fingerprint density at radius 2 is 2.00 bits per heavy atom. The molecule has 6 rings (SSSR count). The maximum atomic E-state index is 14.5. The van der Waals surface area contributed by atoms with Gasteiger partial charge in [-0.25, -0.2) is 13.6 Å². The van der Waals surface area contributed by atoms with Gasteiger partial charge in [0.2, 0.25) is 0 Å². The zero-order valence-electron chi connectivity index (χ0n) is 22.6. The lowest BCUT2D eigenvalue weighted by atomic mass is 9.86. The standard InChI is InChI=1S/C28H29FN10OS/c1-28(2,40)26(29)15-38-14-24(35-37-38)21-13-31-23(25-8-7-20-9-17(11-30)12-33-39(20)25)10-22(21)34-19-5-3-18(4-6-19)27-36-32-16-41-27/h7-10,12-14,16,18-19,26,40H,3-6,15H2,1-2H3,(H,31,34)/t18?,19?,26-/m1/s1. The normalized spacial score (nSPS) is 18.3. The Kier molecular flexibility index (Phi) is 7.19. The van der Waals surface area contributed by atoms with Gasteiger partial charge >= 0.3 is 0 Å². The van der Waals surface area contributed by atoms with Crippen LogP contribution < -0.4 is 5.32 Å². The van der Waals surface area contributed by atoms with Gasteiger partial charge in [-0.05, 0) is 63.8 Å². The summed E-state index contributed by atoms with van der Waals surface area (Å²) in [4.78, 5) is 4.73. The van der Waals surface area contributed by atoms with E-state index in [1.54, 1.807) is 39.8 Å². The molecule has 1 aliphatic carbocycles. The number of halogens is 1. The number of nitriles is 1. The van der Waals surface area contributed by atoms with Crippen molar-refractivity contribution < 1.29 is 9.50 Å². The maximum Gasteiger partial charge on any atom is 0.148 e. The molecule has 0 radical (unpaired) electrons. The van der Waals surface area contributed by atoms with Crippen molar-refractivity contribution in [3.63, 3.8) is 0 Å². The van der Waals surface area contributed by atoms with E-state index in [0.29, 0.717) is 22.9 Å². The lowest BCUT2D eigenvalue weighted by Crippen LogP contribution is -2.35. The lowest BCUT2D eigenvalue weighted by molar-refractivity contribution is -0.0120. The molecule has 5 aromatic heterocycles. The van der Waals surface area contributed by atoms with Crippen molar-refractivity contribution in [3.05, 3.63) is 58.9 Å². The van der Waals surface area contributed by atoms with Crippen LogP contribution in [0.2, 0.25) is 0 Å². The van der Waals surface area contributed by atoms with Crippen molar-refractivity contribution >= 4 is 22.5 Å². The van der Waals surface area contributed by atoms with Gasteiger partial charge < -0.3 is 10.4 Å². The van der Waals surface area contributed by atoms with Crippen LogP contribution in [0.15, 0.2) is 48.4 Å². The maximum absolute atomic E-state index is 14.5. The fourth-order valence-electron chi connectivity index (χ4n) is 5.14. The molecular weight excluding hydrogens is 543 g/mol. The molecule has 5 aromatic rings. The highest BCUT2D eigenvalue weighted by Crippen LogP contribution is 2.37. The fraction of sp³-hybridized carbons (Fsp3) is 0.393. The van der Waals surface area contributed by atoms with E-state index >= 15 is 0 Å². The molecule has 0 saturated heterocycles. The molecule has 1 saturated carbocycles. The first-order valence-corrected chi connectivity index (χ1v) is 14.3. The van der Waals surface area contributed by atoms with E-state index in [4.69, 9.17) is 4.98 Å². The number of pyridine rings is 1. The first-order valence-electron chi connectivity index (χ1n) is 13.5. The van der Waals surface area contributed by atoms with E-state index in [1.165, 1.54) is 24.7 Å². The number of aliphatic hydroxyl groups is 1. The van der Waals surface area contributed by atoms with Gasteiger partial charge in [0.05, 0.1) is 47.0 Å². The number of nitrogens with one attached hydrogen (secondary N) is 1. The molecule has 0 aliphatic heterocycles. The summed E-state index contributed by atoms with van der Waals surface area (Å²) < 4.78 is 17.7. The van der Waals surface area contributed by atoms with E-state index in [9.17, 15) is 14.8 Å². The lowest BCUT2D eigenvalue weighted by Gasteiger charge is -2.29. The van der Waals surface area contributed by atoms with Crippen LogP contribution in [0.3, 0.4) is 0 Å². The van der Waals surface area contributed by atoms with Crippen LogP contribution in [-0.2, 0) is 6.54 Å². The molecule has 1 atom stereocenters. The molecule has 11 nitrogen and oxygen atoms in total. The van der Waals surface area contributed by atoms with Gasteiger partial charge in [-0.15, -0.1) is 26.6 Å². The average Bonchev–Trinajstić information content (AvgIpc) is 3.74. The molecule has 5 heterocycles. The highest BCUT2D eigenvalue weighted by molar-refractivity contribution is 7.09. The molecule has 0 aromatic carbocycles. The highest BCUT2D eigenvalue weighted by atomic mass is 32.1. The second kappa shape index (κ2) is 10.9. The Labute approximate surface area is 239 Å². The summed E-state index contributed by atoms with van der Waals surface area (Å²) >= 11 is 1.61. The Bertz CT molecular complexity index is 1690. The molecule has 1 aliphatic rings. The molecule has 0 bridgehead atoms. The van der Waals surface area contributed by atoms with Crippen LogP contribution >= 0.6 is 11.3 Å². The van der Waals surface area contributed by atoms with E-state index in [2.05, 4.69) is 37.0 Å². The van der Waals surface area contributed by atoms with Crippen molar-refractivity contribution in [1.29, 1.82) is 5.26 Å². The zero-order chi connectivity index (χ0) is 28.6. The van der Waals surface area contributed by atoms with Crippen LogP contribution in [0.5, 0.6) is 0 Å². The molecule has 41 heavy (non-hydrogen) atoms. The Morgan fingerprint density at radius 1 is 1.17 bits per heavy atom. The van der Waals surface area contributed by atoms with E-state index in [-0.39, 0.29) is 12.6 Å². The largest absolute Gasteiger partial charge is 0.387 e. The second-order valence-electron chi connectivity index (χ2n) is 10.9. The van der Waals surface area contributed by atoms with Gasteiger partial charge in [-0.1, -0.05) is 5.21 Å². The zero-order valence-corrected chi connectivity index (χ0v) is 23.5. The molecule has 0 amide bonds. The van der Waals surface area contributed by atoms with Crippen molar-refractivity contribution in [2.45, 2.75) is 69.8 Å². The summed E-state index contributed by atoms with van der Waals surface area (Å²) in [5.41, 5.74) is 5.19. The van der Waals surface area contributed by atoms with Gasteiger partial charge in [0.1, 0.15) is 28.5 Å². The second-order valence-corrected chi connectivity index (χ2v) is 11.8. The van der Waals surface area contributed by atoms with E-state index in [0.717, 1.165) is 53.2 Å². The van der Waals surface area contributed by atoms with Crippen molar-refractivity contribution in [2.75, 3.05) is 5.32 Å². The van der Waals surface area contributed by atoms with E-state index in [1.807, 2.05) is 18.2 Å². The molecular formula is C28H29FN10OS. The minimum Gasteiger partial charge on any atom is -0.387 e. The number of alkyl halides is 1. The third-order valence-electron chi connectivity index (χ3n) is 7.54. The number of aromatic nitrogens is 8. The van der Waals surface area contributed by atoms with Gasteiger partial charge in [0.15, 0.2) is 0 Å². The number of rotatable bonds is 8. The van der Waals surface area contributed by atoms with Crippen LogP contribution in [-0.4, -0.2) is 62.7 Å². The number of nitrogens with zero attached hydrogens (tertiary/aromatic N) is 9. The quantitative estimate of drug-likeness (QED) is 0.272. The fourth-order valence-corrected chi connectivity index (χ4v) is 5.86. The highest BCUT2D eigenvalue weighted by Gasteiger charge is 2.28. The topological polar surface area (TPSA) is 143 Å². The number of fused-ring (bicyclic) bond motifs is 1. The van der Waals surface area contributed by atoms with Gasteiger partial charge in [-0.2, -0.15) is 10.4 Å². The third kappa shape index (κ3) is 5.66. The van der Waals surface area contributed by atoms with Gasteiger partial charge in [-0.3, -0.25) is 4.98 Å². The Morgan fingerprint density at radius 3 is 2.73 bits per heavy atom. The molecule has 2 N–H and O–H groups in total. The molecule has 0 spiro atoms. The summed E-state index contributed by atoms with van der Waals surface area (Å²) in [5, 5.41) is 45.2. The van der Waals surface area contributed by atoms with E-state index < -0.39 is 11.8 Å². The summed E-state index contributed by atoms with van der Waals surface area (Å²) in [6.07, 6.45) is 7.40. The summed E-state index contributed by atoms with van der Waals surface area (Å²) in [6, 6.07) is 9.94. The minimum atomic E-state index is -1.50. The molecule has 210 valence electrons. The number of hydrogen-bond acceptors (Lipinski definition) is 10. The predicted octanol–water partition coefficient (Wildman–Crippen LogP) is 4.63. The van der Waals surface area contributed by atoms with Gasteiger partial charge in [0.25, 0.3) is 0 Å². The van der Waals surface area contributed by atoms with Crippen LogP contribution in [0.25, 0.3) is 28.2 Å². The Balaban J connectivity index is 1.31. The predicted molar refractivity (Wildman–Crippen MR) is 152 cm³/mol.